The van der Waals surface area contributed by atoms with Gasteiger partial charge in [0.15, 0.2) is 5.60 Å². The maximum Gasteiger partial charge on any atom is 0.232 e. The van der Waals surface area contributed by atoms with E-state index in [0.717, 1.165) is 11.3 Å². The first kappa shape index (κ1) is 13.4. The monoisotopic (exact) mass is 296 g/mol. The van der Waals surface area contributed by atoms with E-state index in [4.69, 9.17) is 14.7 Å². The first-order valence-corrected chi connectivity index (χ1v) is 7.21. The molecule has 3 heterocycles. The van der Waals surface area contributed by atoms with Crippen LogP contribution < -0.4 is 4.74 Å². The molecule has 0 saturated heterocycles. The summed E-state index contributed by atoms with van der Waals surface area (Å²) >= 11 is 0. The zero-order valence-electron chi connectivity index (χ0n) is 12.4. The smallest absolute Gasteiger partial charge is 0.232 e. The molecule has 0 spiro atoms. The fourth-order valence-corrected chi connectivity index (χ4v) is 3.39. The second-order valence-corrected chi connectivity index (χ2v) is 6.27. The van der Waals surface area contributed by atoms with Crippen molar-refractivity contribution in [2.24, 2.45) is 0 Å². The summed E-state index contributed by atoms with van der Waals surface area (Å²) in [5, 5.41) is 20.4. The molecule has 22 heavy (non-hydrogen) atoms. The van der Waals surface area contributed by atoms with E-state index in [1.54, 1.807) is 18.2 Å². The molecule has 2 aromatic rings. The van der Waals surface area contributed by atoms with Gasteiger partial charge in [0.1, 0.15) is 11.8 Å². The predicted octanol–water partition coefficient (Wildman–Crippen LogP) is 2.34. The Kier molecular flexibility index (Phi) is 2.51. The number of fused-ring (bicyclic) bond motifs is 5. The van der Waals surface area contributed by atoms with E-state index in [1.807, 2.05) is 36.7 Å². The molecule has 5 heteroatoms. The molecule has 112 valence electrons. The van der Waals surface area contributed by atoms with Crippen LogP contribution in [0.1, 0.15) is 36.7 Å². The van der Waals surface area contributed by atoms with Gasteiger partial charge in [-0.3, -0.25) is 0 Å². The van der Waals surface area contributed by atoms with Crippen LogP contribution in [0, 0.1) is 11.3 Å². The van der Waals surface area contributed by atoms with Crippen LogP contribution in [0.3, 0.4) is 0 Å². The van der Waals surface area contributed by atoms with Gasteiger partial charge in [-0.05, 0) is 44.2 Å². The van der Waals surface area contributed by atoms with Gasteiger partial charge in [0.2, 0.25) is 5.79 Å². The number of hydrogen-bond donors (Lipinski definition) is 1. The molecule has 5 nitrogen and oxygen atoms in total. The van der Waals surface area contributed by atoms with Crippen molar-refractivity contribution in [3.8, 4) is 11.8 Å². The Bertz CT molecular complexity index is 802. The summed E-state index contributed by atoms with van der Waals surface area (Å²) in [4.78, 5) is 0. The summed E-state index contributed by atoms with van der Waals surface area (Å²) in [6, 6.07) is 10.9. The van der Waals surface area contributed by atoms with E-state index in [1.165, 1.54) is 0 Å². The van der Waals surface area contributed by atoms with Crippen molar-refractivity contribution in [1.82, 2.24) is 4.57 Å². The Morgan fingerprint density at radius 3 is 2.95 bits per heavy atom. The standard InChI is InChI=1S/C17H16N2O3/c1-16(2)17(20)15(19-7-3-4-12(19)10-21-17)13-8-11(9-18)5-6-14(13)22-16/h3-8,15,20H,10H2,1-2H3/t15-,17-/m1/s1. The van der Waals surface area contributed by atoms with Crippen molar-refractivity contribution in [3.05, 3.63) is 53.3 Å². The first-order valence-electron chi connectivity index (χ1n) is 7.21. The third kappa shape index (κ3) is 1.54. The van der Waals surface area contributed by atoms with Crippen LogP contribution in [0.5, 0.6) is 5.75 Å². The average Bonchev–Trinajstić information content (AvgIpc) is 2.95. The third-order valence-electron chi connectivity index (χ3n) is 4.62. The molecule has 0 unspecified atom stereocenters. The molecule has 0 amide bonds. The van der Waals surface area contributed by atoms with E-state index in [-0.39, 0.29) is 0 Å². The van der Waals surface area contributed by atoms with Crippen LogP contribution in [0.4, 0.5) is 0 Å². The van der Waals surface area contributed by atoms with Crippen LogP contribution in [0.2, 0.25) is 0 Å². The maximum atomic E-state index is 11.2. The zero-order valence-corrected chi connectivity index (χ0v) is 12.4. The molecule has 2 aliphatic rings. The van der Waals surface area contributed by atoms with Crippen LogP contribution in [-0.2, 0) is 11.3 Å². The maximum absolute atomic E-state index is 11.2. The number of ether oxygens (including phenoxy) is 2. The lowest BCUT2D eigenvalue weighted by atomic mass is 9.81. The summed E-state index contributed by atoms with van der Waals surface area (Å²) in [5.41, 5.74) is 1.36. The fourth-order valence-electron chi connectivity index (χ4n) is 3.39. The molecule has 1 N–H and O–H groups in total. The van der Waals surface area contributed by atoms with Crippen molar-refractivity contribution in [2.75, 3.05) is 0 Å². The van der Waals surface area contributed by atoms with Gasteiger partial charge in [0.05, 0.1) is 18.2 Å². The van der Waals surface area contributed by atoms with Gasteiger partial charge in [0, 0.05) is 17.5 Å². The topological polar surface area (TPSA) is 67.4 Å². The molecule has 1 aromatic heterocycles. The van der Waals surface area contributed by atoms with Gasteiger partial charge in [-0.1, -0.05) is 0 Å². The molecule has 0 saturated carbocycles. The van der Waals surface area contributed by atoms with Gasteiger partial charge < -0.3 is 19.1 Å². The molecular formula is C17H16N2O3. The Hall–Kier alpha value is -2.29. The highest BCUT2D eigenvalue weighted by Crippen LogP contribution is 2.51. The first-order chi connectivity index (χ1) is 10.5. The van der Waals surface area contributed by atoms with Crippen LogP contribution in [0.25, 0.3) is 0 Å². The number of nitriles is 1. The van der Waals surface area contributed by atoms with Crippen molar-refractivity contribution >= 4 is 0 Å². The average molecular weight is 296 g/mol. The van der Waals surface area contributed by atoms with E-state index < -0.39 is 17.4 Å². The van der Waals surface area contributed by atoms with Gasteiger partial charge in [-0.25, -0.2) is 0 Å². The summed E-state index contributed by atoms with van der Waals surface area (Å²) < 4.78 is 13.8. The summed E-state index contributed by atoms with van der Waals surface area (Å²) in [6.07, 6.45) is 1.93. The minimum Gasteiger partial charge on any atom is -0.482 e. The van der Waals surface area contributed by atoms with Crippen LogP contribution in [-0.4, -0.2) is 21.1 Å². The summed E-state index contributed by atoms with van der Waals surface area (Å²) in [5.74, 6) is -0.830. The van der Waals surface area contributed by atoms with Crippen molar-refractivity contribution in [1.29, 1.82) is 5.26 Å². The summed E-state index contributed by atoms with van der Waals surface area (Å²) in [7, 11) is 0. The van der Waals surface area contributed by atoms with Crippen molar-refractivity contribution in [2.45, 2.75) is 37.9 Å². The lowest BCUT2D eigenvalue weighted by molar-refractivity contribution is -0.320. The lowest BCUT2D eigenvalue weighted by Crippen LogP contribution is -2.64. The third-order valence-corrected chi connectivity index (χ3v) is 4.62. The molecule has 0 bridgehead atoms. The van der Waals surface area contributed by atoms with E-state index >= 15 is 0 Å². The minimum absolute atomic E-state index is 0.320. The summed E-state index contributed by atoms with van der Waals surface area (Å²) in [6.45, 7) is 3.95. The largest absolute Gasteiger partial charge is 0.482 e. The van der Waals surface area contributed by atoms with E-state index in [9.17, 15) is 5.11 Å². The Morgan fingerprint density at radius 1 is 1.36 bits per heavy atom. The fraction of sp³-hybridized carbons (Fsp3) is 0.353. The quantitative estimate of drug-likeness (QED) is 0.810. The Morgan fingerprint density at radius 2 is 2.18 bits per heavy atom. The number of aromatic nitrogens is 1. The highest BCUT2D eigenvalue weighted by molar-refractivity contribution is 5.48. The molecule has 1 aromatic carbocycles. The molecule has 0 aliphatic carbocycles. The van der Waals surface area contributed by atoms with Crippen LogP contribution >= 0.6 is 0 Å². The number of benzene rings is 1. The predicted molar refractivity (Wildman–Crippen MR) is 78.2 cm³/mol. The van der Waals surface area contributed by atoms with E-state index in [0.29, 0.717) is 17.9 Å². The molecule has 0 radical (unpaired) electrons. The Balaban J connectivity index is 2.01. The van der Waals surface area contributed by atoms with Gasteiger partial charge in [-0.15, -0.1) is 0 Å². The normalized spacial score (nSPS) is 27.8. The Labute approximate surface area is 128 Å². The number of aliphatic hydroxyl groups is 1. The molecule has 4 rings (SSSR count). The lowest BCUT2D eigenvalue weighted by Gasteiger charge is -2.53. The highest BCUT2D eigenvalue weighted by atomic mass is 16.7. The molecular weight excluding hydrogens is 280 g/mol. The SMILES string of the molecule is CC1(C)Oc2ccc(C#N)cc2[C@H]2n3cccc3CO[C@]21O. The van der Waals surface area contributed by atoms with Gasteiger partial charge in [-0.2, -0.15) is 5.26 Å². The highest BCUT2D eigenvalue weighted by Gasteiger charge is 2.59. The molecule has 2 aliphatic heterocycles. The number of nitrogens with zero attached hydrogens (tertiary/aromatic N) is 2. The van der Waals surface area contributed by atoms with Crippen LogP contribution in [0.15, 0.2) is 36.5 Å². The number of hydrogen-bond acceptors (Lipinski definition) is 4. The van der Waals surface area contributed by atoms with Gasteiger partial charge in [0.25, 0.3) is 0 Å². The second kappa shape index (κ2) is 4.13. The molecule has 2 atom stereocenters. The number of rotatable bonds is 0. The van der Waals surface area contributed by atoms with Crippen molar-refractivity contribution < 1.29 is 14.6 Å². The van der Waals surface area contributed by atoms with Crippen molar-refractivity contribution in [3.63, 3.8) is 0 Å². The second-order valence-electron chi connectivity index (χ2n) is 6.27. The molecule has 0 fully saturated rings. The van der Waals surface area contributed by atoms with E-state index in [2.05, 4.69) is 6.07 Å². The zero-order chi connectivity index (χ0) is 15.5. The minimum atomic E-state index is -1.50. The van der Waals surface area contributed by atoms with Gasteiger partial charge >= 0.3 is 0 Å².